The van der Waals surface area contributed by atoms with E-state index in [2.05, 4.69) is 11.4 Å². The van der Waals surface area contributed by atoms with Gasteiger partial charge >= 0.3 is 6.09 Å². The number of nitrogens with one attached hydrogen (secondary N) is 1. The Morgan fingerprint density at radius 2 is 2.05 bits per heavy atom. The van der Waals surface area contributed by atoms with E-state index >= 15 is 0 Å². The Morgan fingerprint density at radius 3 is 2.63 bits per heavy atom. The number of nitrogens with zero attached hydrogens (tertiary/aromatic N) is 2. The van der Waals surface area contributed by atoms with Gasteiger partial charge in [-0.1, -0.05) is 6.42 Å². The highest BCUT2D eigenvalue weighted by Gasteiger charge is 2.37. The van der Waals surface area contributed by atoms with Crippen molar-refractivity contribution in [3.8, 4) is 6.07 Å². The van der Waals surface area contributed by atoms with Crippen molar-refractivity contribution in [1.29, 1.82) is 5.26 Å². The third kappa shape index (κ3) is 3.60. The van der Waals surface area contributed by atoms with Crippen LogP contribution in [0.2, 0.25) is 0 Å². The van der Waals surface area contributed by atoms with Gasteiger partial charge in [-0.15, -0.1) is 0 Å². The largest absolute Gasteiger partial charge is 0.444 e. The fraction of sp³-hybridized carbons (Fsp3) is 0.857. The molecule has 1 amide bonds. The summed E-state index contributed by atoms with van der Waals surface area (Å²) in [5.74, 6) is 0.135. The molecule has 0 radical (unpaired) electrons. The van der Waals surface area contributed by atoms with Gasteiger partial charge in [0.15, 0.2) is 0 Å². The molecule has 1 saturated carbocycles. The van der Waals surface area contributed by atoms with Crippen LogP contribution < -0.4 is 5.32 Å². The van der Waals surface area contributed by atoms with E-state index in [4.69, 9.17) is 10.00 Å². The molecule has 0 aromatic rings. The lowest BCUT2D eigenvalue weighted by molar-refractivity contribution is 0.00392. The Bertz CT molecular complexity index is 377. The van der Waals surface area contributed by atoms with E-state index in [-0.39, 0.29) is 12.0 Å². The van der Waals surface area contributed by atoms with E-state index < -0.39 is 5.60 Å². The molecule has 0 spiro atoms. The highest BCUT2D eigenvalue weighted by Crippen LogP contribution is 2.26. The molecule has 1 heterocycles. The van der Waals surface area contributed by atoms with Crippen LogP contribution in [0.5, 0.6) is 0 Å². The van der Waals surface area contributed by atoms with Crippen molar-refractivity contribution in [3.05, 3.63) is 0 Å². The topological polar surface area (TPSA) is 65.4 Å². The molecule has 0 aromatic carbocycles. The average molecular weight is 265 g/mol. The molecule has 5 nitrogen and oxygen atoms in total. The second-order valence-electron chi connectivity index (χ2n) is 6.52. The normalized spacial score (nSPS) is 27.8. The monoisotopic (exact) mass is 265 g/mol. The van der Waals surface area contributed by atoms with E-state index in [0.717, 1.165) is 19.3 Å². The first kappa shape index (κ1) is 14.1. The van der Waals surface area contributed by atoms with Crippen LogP contribution in [-0.4, -0.2) is 41.8 Å². The van der Waals surface area contributed by atoms with Gasteiger partial charge in [0, 0.05) is 25.2 Å². The van der Waals surface area contributed by atoms with Crippen LogP contribution in [0.1, 0.15) is 40.0 Å². The third-order valence-electron chi connectivity index (χ3n) is 3.66. The van der Waals surface area contributed by atoms with Crippen molar-refractivity contribution in [2.75, 3.05) is 13.1 Å². The van der Waals surface area contributed by atoms with Gasteiger partial charge in [-0.2, -0.15) is 5.26 Å². The molecular formula is C14H23N3O2. The first-order valence-corrected chi connectivity index (χ1v) is 7.02. The number of amides is 1. The molecule has 1 aliphatic heterocycles. The molecule has 2 rings (SSSR count). The first-order chi connectivity index (χ1) is 8.89. The van der Waals surface area contributed by atoms with Crippen LogP contribution in [0, 0.1) is 17.2 Å². The number of hydrogen-bond acceptors (Lipinski definition) is 4. The maximum Gasteiger partial charge on any atom is 0.410 e. The fourth-order valence-corrected chi connectivity index (χ4v) is 2.68. The maximum atomic E-state index is 11.8. The molecule has 106 valence electrons. The SMILES string of the molecule is CC(C)(C)OC(=O)N1CC(NC2CCCC2C#N)C1. The molecule has 5 heteroatoms. The van der Waals surface area contributed by atoms with Crippen molar-refractivity contribution >= 4 is 6.09 Å². The van der Waals surface area contributed by atoms with Crippen molar-refractivity contribution in [2.24, 2.45) is 5.92 Å². The fourth-order valence-electron chi connectivity index (χ4n) is 2.68. The van der Waals surface area contributed by atoms with Crippen LogP contribution in [-0.2, 0) is 4.74 Å². The Labute approximate surface area is 114 Å². The van der Waals surface area contributed by atoms with E-state index in [1.807, 2.05) is 20.8 Å². The van der Waals surface area contributed by atoms with Crippen LogP contribution in [0.4, 0.5) is 4.79 Å². The molecule has 2 atom stereocenters. The quantitative estimate of drug-likeness (QED) is 0.828. The van der Waals surface area contributed by atoms with Gasteiger partial charge in [-0.3, -0.25) is 0 Å². The predicted octanol–water partition coefficient (Wildman–Crippen LogP) is 1.89. The smallest absolute Gasteiger partial charge is 0.410 e. The molecule has 2 fully saturated rings. The van der Waals surface area contributed by atoms with Gasteiger partial charge in [0.2, 0.25) is 0 Å². The van der Waals surface area contributed by atoms with Gasteiger partial charge in [-0.25, -0.2) is 4.79 Å². The summed E-state index contributed by atoms with van der Waals surface area (Å²) in [6.07, 6.45) is 2.95. The molecule has 0 aromatic heterocycles. The summed E-state index contributed by atoms with van der Waals surface area (Å²) in [6, 6.07) is 2.98. The predicted molar refractivity (Wildman–Crippen MR) is 71.5 cm³/mol. The van der Waals surface area contributed by atoms with Gasteiger partial charge < -0.3 is 15.0 Å². The lowest BCUT2D eigenvalue weighted by Crippen LogP contribution is -2.62. The number of ether oxygens (including phenoxy) is 1. The molecule has 2 unspecified atom stereocenters. The number of hydrogen-bond donors (Lipinski definition) is 1. The minimum Gasteiger partial charge on any atom is -0.444 e. The molecular weight excluding hydrogens is 242 g/mol. The number of nitriles is 1. The molecule has 2 aliphatic rings. The highest BCUT2D eigenvalue weighted by molar-refractivity contribution is 5.69. The molecule has 1 saturated heterocycles. The number of carbonyl (C=O) groups is 1. The highest BCUT2D eigenvalue weighted by atomic mass is 16.6. The first-order valence-electron chi connectivity index (χ1n) is 7.02. The van der Waals surface area contributed by atoms with E-state index in [1.54, 1.807) is 4.90 Å². The molecule has 0 bridgehead atoms. The Hall–Kier alpha value is -1.28. The lowest BCUT2D eigenvalue weighted by atomic mass is 10.0. The minimum atomic E-state index is -0.438. The summed E-state index contributed by atoms with van der Waals surface area (Å²) < 4.78 is 5.31. The number of likely N-dealkylation sites (tertiary alicyclic amines) is 1. The Balaban J connectivity index is 1.72. The number of rotatable bonds is 2. The Kier molecular flexibility index (Phi) is 4.00. The van der Waals surface area contributed by atoms with Gasteiger partial charge in [0.25, 0.3) is 0 Å². The molecule has 19 heavy (non-hydrogen) atoms. The summed E-state index contributed by atoms with van der Waals surface area (Å²) >= 11 is 0. The summed E-state index contributed by atoms with van der Waals surface area (Å²) in [6.45, 7) is 6.98. The van der Waals surface area contributed by atoms with Crippen LogP contribution in [0.3, 0.4) is 0 Å². The molecule has 1 aliphatic carbocycles. The zero-order valence-corrected chi connectivity index (χ0v) is 12.0. The standard InChI is InChI=1S/C14H23N3O2/c1-14(2,3)19-13(18)17-8-11(9-17)16-12-6-4-5-10(12)7-15/h10-12,16H,4-6,8-9H2,1-3H3. The van der Waals surface area contributed by atoms with Gasteiger partial charge in [0.1, 0.15) is 5.60 Å². The van der Waals surface area contributed by atoms with Crippen molar-refractivity contribution in [1.82, 2.24) is 10.2 Å². The van der Waals surface area contributed by atoms with Crippen molar-refractivity contribution in [2.45, 2.75) is 57.7 Å². The summed E-state index contributed by atoms with van der Waals surface area (Å²) in [7, 11) is 0. The summed E-state index contributed by atoms with van der Waals surface area (Å²) in [5, 5.41) is 12.5. The number of carbonyl (C=O) groups excluding carboxylic acids is 1. The summed E-state index contributed by atoms with van der Waals surface area (Å²) in [5.41, 5.74) is -0.438. The third-order valence-corrected chi connectivity index (χ3v) is 3.66. The van der Waals surface area contributed by atoms with E-state index in [1.165, 1.54) is 0 Å². The van der Waals surface area contributed by atoms with E-state index in [0.29, 0.717) is 25.2 Å². The van der Waals surface area contributed by atoms with Crippen LogP contribution in [0.15, 0.2) is 0 Å². The van der Waals surface area contributed by atoms with Crippen LogP contribution in [0.25, 0.3) is 0 Å². The second kappa shape index (κ2) is 5.38. The zero-order chi connectivity index (χ0) is 14.0. The lowest BCUT2D eigenvalue weighted by Gasteiger charge is -2.41. The van der Waals surface area contributed by atoms with Gasteiger partial charge in [-0.05, 0) is 33.6 Å². The van der Waals surface area contributed by atoms with Crippen molar-refractivity contribution < 1.29 is 9.53 Å². The second-order valence-corrected chi connectivity index (χ2v) is 6.52. The molecule has 1 N–H and O–H groups in total. The zero-order valence-electron chi connectivity index (χ0n) is 12.0. The van der Waals surface area contributed by atoms with Gasteiger partial charge in [0.05, 0.1) is 12.0 Å². The Morgan fingerprint density at radius 1 is 1.37 bits per heavy atom. The minimum absolute atomic E-state index is 0.135. The maximum absolute atomic E-state index is 11.8. The summed E-state index contributed by atoms with van der Waals surface area (Å²) in [4.78, 5) is 13.5. The average Bonchev–Trinajstić information content (AvgIpc) is 2.66. The van der Waals surface area contributed by atoms with E-state index in [9.17, 15) is 4.79 Å². The van der Waals surface area contributed by atoms with Crippen molar-refractivity contribution in [3.63, 3.8) is 0 Å². The van der Waals surface area contributed by atoms with Crippen LogP contribution >= 0.6 is 0 Å².